The number of hydrogen-bond acceptors (Lipinski definition) is 4. The third-order valence-electron chi connectivity index (χ3n) is 5.06. The molecule has 0 aliphatic carbocycles. The van der Waals surface area contributed by atoms with Crippen molar-refractivity contribution in [3.8, 4) is 6.07 Å². The molecule has 1 N–H and O–H groups in total. The summed E-state index contributed by atoms with van der Waals surface area (Å²) in [5.41, 5.74) is 3.19. The first-order chi connectivity index (χ1) is 12.0. The van der Waals surface area contributed by atoms with Crippen molar-refractivity contribution in [2.24, 2.45) is 0 Å². The maximum Gasteiger partial charge on any atom is 0.220 e. The van der Waals surface area contributed by atoms with Crippen LogP contribution >= 0.6 is 0 Å². The normalized spacial score (nSPS) is 15.9. The number of piperidine rings is 1. The SMILES string of the molecule is CCCN1CCC(NC(=O)CCc2c(C)nn(CCC#N)c2C)CC1. The summed E-state index contributed by atoms with van der Waals surface area (Å²) in [5.74, 6) is 0.137. The molecular weight excluding hydrogens is 314 g/mol. The van der Waals surface area contributed by atoms with Gasteiger partial charge < -0.3 is 10.2 Å². The van der Waals surface area contributed by atoms with Crippen LogP contribution in [0.2, 0.25) is 0 Å². The van der Waals surface area contributed by atoms with Crippen LogP contribution in [-0.2, 0) is 17.8 Å². The number of rotatable bonds is 8. The number of carbonyl (C=O) groups is 1. The van der Waals surface area contributed by atoms with Crippen molar-refractivity contribution in [3.63, 3.8) is 0 Å². The van der Waals surface area contributed by atoms with Crippen molar-refractivity contribution in [1.82, 2.24) is 20.0 Å². The molecule has 2 rings (SSSR count). The third-order valence-corrected chi connectivity index (χ3v) is 5.06. The van der Waals surface area contributed by atoms with E-state index in [-0.39, 0.29) is 5.91 Å². The van der Waals surface area contributed by atoms with Crippen molar-refractivity contribution in [2.75, 3.05) is 19.6 Å². The minimum Gasteiger partial charge on any atom is -0.353 e. The second-order valence-electron chi connectivity index (χ2n) is 6.96. The molecule has 1 saturated heterocycles. The lowest BCUT2D eigenvalue weighted by molar-refractivity contribution is -0.122. The molecule has 2 heterocycles. The van der Waals surface area contributed by atoms with E-state index >= 15 is 0 Å². The van der Waals surface area contributed by atoms with Gasteiger partial charge in [-0.3, -0.25) is 9.48 Å². The van der Waals surface area contributed by atoms with Crippen molar-refractivity contribution >= 4 is 5.91 Å². The highest BCUT2D eigenvalue weighted by Gasteiger charge is 2.20. The van der Waals surface area contributed by atoms with Crippen molar-refractivity contribution in [1.29, 1.82) is 5.26 Å². The van der Waals surface area contributed by atoms with Gasteiger partial charge in [0, 0.05) is 31.2 Å². The van der Waals surface area contributed by atoms with Gasteiger partial charge in [-0.25, -0.2) is 0 Å². The number of hydrogen-bond donors (Lipinski definition) is 1. The molecule has 1 aliphatic heterocycles. The Morgan fingerprint density at radius 2 is 2.04 bits per heavy atom. The molecule has 1 aromatic rings. The molecule has 138 valence electrons. The van der Waals surface area contributed by atoms with Gasteiger partial charge in [-0.1, -0.05) is 6.92 Å². The van der Waals surface area contributed by atoms with Gasteiger partial charge in [-0.05, 0) is 51.6 Å². The van der Waals surface area contributed by atoms with Crippen LogP contribution in [0, 0.1) is 25.2 Å². The molecule has 0 saturated carbocycles. The average molecular weight is 345 g/mol. The summed E-state index contributed by atoms with van der Waals surface area (Å²) in [5, 5.41) is 16.4. The van der Waals surface area contributed by atoms with E-state index < -0.39 is 0 Å². The van der Waals surface area contributed by atoms with E-state index in [2.05, 4.69) is 28.3 Å². The van der Waals surface area contributed by atoms with Gasteiger partial charge in [0.05, 0.1) is 24.7 Å². The van der Waals surface area contributed by atoms with Crippen LogP contribution in [0.25, 0.3) is 0 Å². The lowest BCUT2D eigenvalue weighted by Crippen LogP contribution is -2.44. The van der Waals surface area contributed by atoms with Gasteiger partial charge in [-0.15, -0.1) is 0 Å². The molecule has 1 amide bonds. The predicted octanol–water partition coefficient (Wildman–Crippen LogP) is 2.34. The molecule has 0 radical (unpaired) electrons. The van der Waals surface area contributed by atoms with Crippen molar-refractivity contribution < 1.29 is 4.79 Å². The molecule has 0 unspecified atom stereocenters. The van der Waals surface area contributed by atoms with E-state index in [9.17, 15) is 4.79 Å². The third kappa shape index (κ3) is 5.57. The Hall–Kier alpha value is -1.87. The van der Waals surface area contributed by atoms with E-state index in [0.717, 1.165) is 49.4 Å². The number of nitrogens with one attached hydrogen (secondary N) is 1. The van der Waals surface area contributed by atoms with Gasteiger partial charge in [-0.2, -0.15) is 10.4 Å². The zero-order chi connectivity index (χ0) is 18.2. The molecule has 25 heavy (non-hydrogen) atoms. The standard InChI is InChI=1S/C19H31N5O/c1-4-11-23-13-8-17(9-14-23)21-19(25)7-6-18-15(2)22-24(16(18)3)12-5-10-20/h17H,4-9,11-14H2,1-3H3,(H,21,25). The van der Waals surface area contributed by atoms with Crippen LogP contribution in [-0.4, -0.2) is 46.3 Å². The molecule has 0 spiro atoms. The second kappa shape index (κ2) is 9.57. The molecule has 1 aliphatic rings. The fourth-order valence-electron chi connectivity index (χ4n) is 3.62. The number of likely N-dealkylation sites (tertiary alicyclic amines) is 1. The Morgan fingerprint density at radius 1 is 1.32 bits per heavy atom. The Bertz CT molecular complexity index is 608. The van der Waals surface area contributed by atoms with Crippen molar-refractivity contribution in [3.05, 3.63) is 17.0 Å². The zero-order valence-electron chi connectivity index (χ0n) is 15.8. The van der Waals surface area contributed by atoms with E-state index in [0.29, 0.717) is 31.8 Å². The Balaban J connectivity index is 1.79. The minimum atomic E-state index is 0.137. The number of amides is 1. The quantitative estimate of drug-likeness (QED) is 0.785. The maximum atomic E-state index is 12.3. The molecule has 0 bridgehead atoms. The van der Waals surface area contributed by atoms with Crippen LogP contribution in [0.1, 0.15) is 56.0 Å². The van der Waals surface area contributed by atoms with Crippen LogP contribution in [0.3, 0.4) is 0 Å². The first-order valence-electron chi connectivity index (χ1n) is 9.46. The summed E-state index contributed by atoms with van der Waals surface area (Å²) in [6.45, 7) is 10.2. The van der Waals surface area contributed by atoms with Crippen molar-refractivity contribution in [2.45, 2.75) is 71.9 Å². The first kappa shape index (κ1) is 19.5. The Labute approximate surface area is 151 Å². The average Bonchev–Trinajstić information content (AvgIpc) is 2.86. The van der Waals surface area contributed by atoms with E-state index in [1.54, 1.807) is 0 Å². The Morgan fingerprint density at radius 3 is 2.68 bits per heavy atom. The van der Waals surface area contributed by atoms with Gasteiger partial charge in [0.15, 0.2) is 0 Å². The molecule has 0 aromatic carbocycles. The van der Waals surface area contributed by atoms with Crippen LogP contribution in [0.15, 0.2) is 0 Å². The molecule has 1 fully saturated rings. The fraction of sp³-hybridized carbons (Fsp3) is 0.737. The molecule has 1 aromatic heterocycles. The van der Waals surface area contributed by atoms with E-state index in [4.69, 9.17) is 5.26 Å². The number of aromatic nitrogens is 2. The van der Waals surface area contributed by atoms with Gasteiger partial charge in [0.2, 0.25) is 5.91 Å². The lowest BCUT2D eigenvalue weighted by Gasteiger charge is -2.32. The summed E-state index contributed by atoms with van der Waals surface area (Å²) in [7, 11) is 0. The second-order valence-corrected chi connectivity index (χ2v) is 6.96. The summed E-state index contributed by atoms with van der Waals surface area (Å²) in [4.78, 5) is 14.8. The first-order valence-corrected chi connectivity index (χ1v) is 9.46. The highest BCUT2D eigenvalue weighted by molar-refractivity contribution is 5.76. The van der Waals surface area contributed by atoms with Gasteiger partial charge in [0.1, 0.15) is 0 Å². The minimum absolute atomic E-state index is 0.137. The topological polar surface area (TPSA) is 74.0 Å². The number of nitrogens with zero attached hydrogens (tertiary/aromatic N) is 4. The van der Waals surface area contributed by atoms with Crippen LogP contribution < -0.4 is 5.32 Å². The lowest BCUT2D eigenvalue weighted by atomic mass is 10.0. The molecular formula is C19H31N5O. The van der Waals surface area contributed by atoms with E-state index in [1.807, 2.05) is 18.5 Å². The van der Waals surface area contributed by atoms with Crippen LogP contribution in [0.5, 0.6) is 0 Å². The highest BCUT2D eigenvalue weighted by Crippen LogP contribution is 2.16. The molecule has 6 nitrogen and oxygen atoms in total. The van der Waals surface area contributed by atoms with Gasteiger partial charge in [0.25, 0.3) is 0 Å². The van der Waals surface area contributed by atoms with Crippen LogP contribution in [0.4, 0.5) is 0 Å². The summed E-state index contributed by atoms with van der Waals surface area (Å²) in [6.07, 6.45) is 4.97. The molecule has 6 heteroatoms. The maximum absolute atomic E-state index is 12.3. The Kier molecular flexibility index (Phi) is 7.45. The fourth-order valence-corrected chi connectivity index (χ4v) is 3.62. The predicted molar refractivity (Wildman–Crippen MR) is 98.1 cm³/mol. The smallest absolute Gasteiger partial charge is 0.220 e. The number of nitriles is 1. The largest absolute Gasteiger partial charge is 0.353 e. The number of aryl methyl sites for hydroxylation is 2. The van der Waals surface area contributed by atoms with E-state index in [1.165, 1.54) is 6.42 Å². The summed E-state index contributed by atoms with van der Waals surface area (Å²) >= 11 is 0. The monoisotopic (exact) mass is 345 g/mol. The highest BCUT2D eigenvalue weighted by atomic mass is 16.1. The molecule has 0 atom stereocenters. The van der Waals surface area contributed by atoms with Gasteiger partial charge >= 0.3 is 0 Å². The summed E-state index contributed by atoms with van der Waals surface area (Å²) < 4.78 is 1.88. The number of carbonyl (C=O) groups excluding carboxylic acids is 1. The zero-order valence-corrected chi connectivity index (χ0v) is 15.8. The summed E-state index contributed by atoms with van der Waals surface area (Å²) in [6, 6.07) is 2.47.